The zero-order valence-electron chi connectivity index (χ0n) is 11.9. The summed E-state index contributed by atoms with van der Waals surface area (Å²) in [4.78, 5) is 11.8. The maximum atomic E-state index is 11.8. The molecule has 21 heavy (non-hydrogen) atoms. The third-order valence-electron chi connectivity index (χ3n) is 3.60. The van der Waals surface area contributed by atoms with Crippen LogP contribution in [0.4, 0.5) is 0 Å². The van der Waals surface area contributed by atoms with E-state index in [1.165, 1.54) is 0 Å². The molecule has 1 atom stereocenters. The van der Waals surface area contributed by atoms with Gasteiger partial charge in [0.1, 0.15) is 11.3 Å². The highest BCUT2D eigenvalue weighted by Crippen LogP contribution is 2.18. The Bertz CT molecular complexity index is 569. The molecule has 2 heterocycles. The maximum absolute atomic E-state index is 11.8. The van der Waals surface area contributed by atoms with Gasteiger partial charge in [0.25, 0.3) is 0 Å². The van der Waals surface area contributed by atoms with Crippen LogP contribution >= 0.6 is 0 Å². The molecule has 1 fully saturated rings. The molecule has 1 aromatic heterocycles. The Morgan fingerprint density at radius 1 is 1.38 bits per heavy atom. The van der Waals surface area contributed by atoms with Crippen molar-refractivity contribution in [2.24, 2.45) is 0 Å². The first kappa shape index (κ1) is 14.1. The molecular weight excluding hydrogens is 268 g/mol. The number of benzene rings is 1. The van der Waals surface area contributed by atoms with Crippen LogP contribution < -0.4 is 10.6 Å². The maximum Gasteiger partial charge on any atom is 0.221 e. The molecule has 5 heteroatoms. The van der Waals surface area contributed by atoms with Gasteiger partial charge in [-0.1, -0.05) is 18.2 Å². The molecule has 0 saturated carbocycles. The number of amides is 1. The highest BCUT2D eigenvalue weighted by molar-refractivity contribution is 5.78. The number of rotatable bonds is 5. The molecule has 3 rings (SSSR count). The molecule has 1 unspecified atom stereocenters. The van der Waals surface area contributed by atoms with Crippen LogP contribution in [-0.2, 0) is 16.0 Å². The molecule has 0 spiro atoms. The molecule has 1 aliphatic heterocycles. The van der Waals surface area contributed by atoms with Gasteiger partial charge >= 0.3 is 0 Å². The van der Waals surface area contributed by atoms with E-state index in [1.807, 2.05) is 30.3 Å². The Morgan fingerprint density at radius 2 is 2.29 bits per heavy atom. The zero-order chi connectivity index (χ0) is 14.5. The molecule has 1 saturated heterocycles. The normalized spacial score (nSPS) is 18.8. The fraction of sp³-hybridized carbons (Fsp3) is 0.438. The second-order valence-corrected chi connectivity index (χ2v) is 5.28. The van der Waals surface area contributed by atoms with Gasteiger partial charge in [-0.15, -0.1) is 0 Å². The van der Waals surface area contributed by atoms with Gasteiger partial charge in [-0.05, 0) is 12.1 Å². The van der Waals surface area contributed by atoms with Crippen LogP contribution in [-0.4, -0.2) is 38.3 Å². The Labute approximate surface area is 123 Å². The number of hydrogen-bond acceptors (Lipinski definition) is 4. The SMILES string of the molecule is O=C(CC1COCCN1)NCCc1cc2ccccc2o1. The van der Waals surface area contributed by atoms with Gasteiger partial charge in [-0.25, -0.2) is 0 Å². The number of para-hydroxylation sites is 1. The van der Waals surface area contributed by atoms with Gasteiger partial charge in [0, 0.05) is 37.4 Å². The summed E-state index contributed by atoms with van der Waals surface area (Å²) < 4.78 is 11.0. The van der Waals surface area contributed by atoms with E-state index in [4.69, 9.17) is 9.15 Å². The lowest BCUT2D eigenvalue weighted by Crippen LogP contribution is -2.44. The van der Waals surface area contributed by atoms with Crippen LogP contribution in [0, 0.1) is 0 Å². The van der Waals surface area contributed by atoms with Crippen molar-refractivity contribution in [2.75, 3.05) is 26.3 Å². The summed E-state index contributed by atoms with van der Waals surface area (Å²) in [6, 6.07) is 10.1. The quantitative estimate of drug-likeness (QED) is 0.874. The molecule has 0 radical (unpaired) electrons. The lowest BCUT2D eigenvalue weighted by Gasteiger charge is -2.23. The van der Waals surface area contributed by atoms with E-state index in [0.29, 0.717) is 26.0 Å². The molecule has 2 aromatic rings. The summed E-state index contributed by atoms with van der Waals surface area (Å²) in [6.07, 6.45) is 1.16. The molecule has 1 amide bonds. The predicted molar refractivity (Wildman–Crippen MR) is 80.2 cm³/mol. The average Bonchev–Trinajstić information content (AvgIpc) is 2.91. The van der Waals surface area contributed by atoms with Gasteiger partial charge in [-0.2, -0.15) is 0 Å². The molecule has 1 aromatic carbocycles. The monoisotopic (exact) mass is 288 g/mol. The standard InChI is InChI=1S/C16H20N2O3/c19-16(10-13-11-20-8-7-17-13)18-6-5-14-9-12-3-1-2-4-15(12)21-14/h1-4,9,13,17H,5-8,10-11H2,(H,18,19). The summed E-state index contributed by atoms with van der Waals surface area (Å²) in [5, 5.41) is 7.30. The van der Waals surface area contributed by atoms with E-state index in [0.717, 1.165) is 29.9 Å². The van der Waals surface area contributed by atoms with E-state index in [1.54, 1.807) is 0 Å². The molecular formula is C16H20N2O3. The fourth-order valence-corrected chi connectivity index (χ4v) is 2.53. The number of morpholine rings is 1. The van der Waals surface area contributed by atoms with Crippen LogP contribution in [0.2, 0.25) is 0 Å². The number of carbonyl (C=O) groups is 1. The summed E-state index contributed by atoms with van der Waals surface area (Å²) in [5.41, 5.74) is 0.891. The first-order chi connectivity index (χ1) is 10.3. The highest BCUT2D eigenvalue weighted by atomic mass is 16.5. The smallest absolute Gasteiger partial charge is 0.221 e. The van der Waals surface area contributed by atoms with E-state index in [9.17, 15) is 4.79 Å². The van der Waals surface area contributed by atoms with E-state index in [2.05, 4.69) is 10.6 Å². The number of ether oxygens (including phenoxy) is 1. The Kier molecular flexibility index (Phi) is 4.52. The third-order valence-corrected chi connectivity index (χ3v) is 3.60. The predicted octanol–water partition coefficient (Wildman–Crippen LogP) is 1.47. The van der Waals surface area contributed by atoms with Crippen LogP contribution in [0.25, 0.3) is 11.0 Å². The number of carbonyl (C=O) groups excluding carboxylic acids is 1. The number of hydrogen-bond donors (Lipinski definition) is 2. The van der Waals surface area contributed by atoms with Crippen molar-refractivity contribution < 1.29 is 13.9 Å². The minimum atomic E-state index is 0.0501. The fourth-order valence-electron chi connectivity index (χ4n) is 2.53. The van der Waals surface area contributed by atoms with Crippen molar-refractivity contribution in [3.63, 3.8) is 0 Å². The molecule has 1 aliphatic rings. The van der Waals surface area contributed by atoms with Gasteiger partial charge in [0.15, 0.2) is 0 Å². The first-order valence-electron chi connectivity index (χ1n) is 7.36. The lowest BCUT2D eigenvalue weighted by atomic mass is 10.2. The lowest BCUT2D eigenvalue weighted by molar-refractivity contribution is -0.122. The Hall–Kier alpha value is -1.85. The summed E-state index contributed by atoms with van der Waals surface area (Å²) in [7, 11) is 0. The highest BCUT2D eigenvalue weighted by Gasteiger charge is 2.16. The van der Waals surface area contributed by atoms with Crippen molar-refractivity contribution in [1.29, 1.82) is 0 Å². The molecule has 2 N–H and O–H groups in total. The van der Waals surface area contributed by atoms with Crippen molar-refractivity contribution in [3.8, 4) is 0 Å². The van der Waals surface area contributed by atoms with Gasteiger partial charge in [-0.3, -0.25) is 4.79 Å². The second-order valence-electron chi connectivity index (χ2n) is 5.28. The van der Waals surface area contributed by atoms with Crippen molar-refractivity contribution in [2.45, 2.75) is 18.9 Å². The Morgan fingerprint density at radius 3 is 3.10 bits per heavy atom. The van der Waals surface area contributed by atoms with Crippen LogP contribution in [0.3, 0.4) is 0 Å². The number of furan rings is 1. The van der Waals surface area contributed by atoms with E-state index in [-0.39, 0.29) is 11.9 Å². The van der Waals surface area contributed by atoms with Crippen molar-refractivity contribution in [1.82, 2.24) is 10.6 Å². The van der Waals surface area contributed by atoms with Crippen LogP contribution in [0.15, 0.2) is 34.7 Å². The minimum absolute atomic E-state index is 0.0501. The molecule has 112 valence electrons. The molecule has 0 aliphatic carbocycles. The third kappa shape index (κ3) is 3.83. The van der Waals surface area contributed by atoms with Crippen molar-refractivity contribution in [3.05, 3.63) is 36.1 Å². The van der Waals surface area contributed by atoms with Crippen molar-refractivity contribution >= 4 is 16.9 Å². The number of fused-ring (bicyclic) bond motifs is 1. The van der Waals surface area contributed by atoms with E-state index < -0.39 is 0 Å². The van der Waals surface area contributed by atoms with Gasteiger partial charge in [0.2, 0.25) is 5.91 Å². The van der Waals surface area contributed by atoms with Gasteiger partial charge < -0.3 is 19.8 Å². The minimum Gasteiger partial charge on any atom is -0.461 e. The molecule has 0 bridgehead atoms. The summed E-state index contributed by atoms with van der Waals surface area (Å²) in [6.45, 7) is 2.74. The average molecular weight is 288 g/mol. The first-order valence-corrected chi connectivity index (χ1v) is 7.36. The summed E-state index contributed by atoms with van der Waals surface area (Å²) in [5.74, 6) is 0.949. The van der Waals surface area contributed by atoms with Crippen LogP contribution in [0.5, 0.6) is 0 Å². The Balaban J connectivity index is 1.43. The number of nitrogens with one attached hydrogen (secondary N) is 2. The largest absolute Gasteiger partial charge is 0.461 e. The van der Waals surface area contributed by atoms with Crippen LogP contribution in [0.1, 0.15) is 12.2 Å². The molecule has 5 nitrogen and oxygen atoms in total. The topological polar surface area (TPSA) is 63.5 Å². The van der Waals surface area contributed by atoms with Gasteiger partial charge in [0.05, 0.1) is 13.2 Å². The van der Waals surface area contributed by atoms with E-state index >= 15 is 0 Å². The zero-order valence-corrected chi connectivity index (χ0v) is 11.9. The second kappa shape index (κ2) is 6.74. The summed E-state index contributed by atoms with van der Waals surface area (Å²) >= 11 is 0.